The highest BCUT2D eigenvalue weighted by Crippen LogP contribution is 2.45. The predicted octanol–water partition coefficient (Wildman–Crippen LogP) is 3.26. The molecule has 0 aromatic rings. The Hall–Kier alpha value is -0.300. The number of hydrogen-bond donors (Lipinski definition) is 1. The highest BCUT2D eigenvalue weighted by Gasteiger charge is 2.45. The molecular weight excluding hydrogens is 170 g/mol. The van der Waals surface area contributed by atoms with E-state index in [0.29, 0.717) is 11.5 Å². The average Bonchev–Trinajstić information content (AvgIpc) is 2.64. The van der Waals surface area contributed by atoms with Gasteiger partial charge in [0, 0.05) is 12.1 Å². The molecule has 0 aliphatic heterocycles. The number of allylic oxidation sites excluding steroid dienone is 1. The fourth-order valence-corrected chi connectivity index (χ4v) is 2.31. The minimum Gasteiger partial charge on any atom is -0.307 e. The molecule has 1 nitrogen and oxygen atoms in total. The molecule has 2 aliphatic rings. The second-order valence-electron chi connectivity index (χ2n) is 5.58. The summed E-state index contributed by atoms with van der Waals surface area (Å²) in [6.07, 6.45) is 12.9. The Morgan fingerprint density at radius 3 is 2.71 bits per heavy atom. The van der Waals surface area contributed by atoms with Crippen LogP contribution in [-0.4, -0.2) is 12.1 Å². The Labute approximate surface area is 88.0 Å². The van der Waals surface area contributed by atoms with Crippen molar-refractivity contribution in [3.8, 4) is 0 Å². The largest absolute Gasteiger partial charge is 0.307 e. The molecule has 1 heteroatoms. The monoisotopic (exact) mass is 193 g/mol. The van der Waals surface area contributed by atoms with Crippen LogP contribution in [0.1, 0.15) is 52.4 Å². The van der Waals surface area contributed by atoms with Crippen molar-refractivity contribution in [2.45, 2.75) is 64.5 Å². The third kappa shape index (κ3) is 2.60. The van der Waals surface area contributed by atoms with Crippen molar-refractivity contribution in [3.63, 3.8) is 0 Å². The maximum atomic E-state index is 3.76. The number of hydrogen-bond acceptors (Lipinski definition) is 1. The predicted molar refractivity (Wildman–Crippen MR) is 61.3 cm³/mol. The third-order valence-corrected chi connectivity index (χ3v) is 3.68. The average molecular weight is 193 g/mol. The van der Waals surface area contributed by atoms with Gasteiger partial charge in [0.25, 0.3) is 0 Å². The van der Waals surface area contributed by atoms with Gasteiger partial charge in [0.15, 0.2) is 0 Å². The second-order valence-corrected chi connectivity index (χ2v) is 5.58. The van der Waals surface area contributed by atoms with Gasteiger partial charge in [0.1, 0.15) is 0 Å². The molecule has 0 spiro atoms. The topological polar surface area (TPSA) is 12.0 Å². The molecule has 2 atom stereocenters. The Bertz CT molecular complexity index is 217. The van der Waals surface area contributed by atoms with Crippen LogP contribution >= 0.6 is 0 Å². The lowest BCUT2D eigenvalue weighted by atomic mass is 10.0. The summed E-state index contributed by atoms with van der Waals surface area (Å²) in [5, 5.41) is 3.76. The standard InChI is InChI=1S/C13H23N/c1-13(2)10-12(13)14-11-8-6-4-3-5-7-9-11/h6,8,11-12,14H,3-5,7,9-10H2,1-2H3/b8-6-. The first kappa shape index (κ1) is 10.2. The van der Waals surface area contributed by atoms with E-state index in [1.54, 1.807) is 0 Å². The first-order valence-corrected chi connectivity index (χ1v) is 6.11. The molecule has 1 saturated carbocycles. The molecule has 14 heavy (non-hydrogen) atoms. The summed E-state index contributed by atoms with van der Waals surface area (Å²) in [6.45, 7) is 4.72. The van der Waals surface area contributed by atoms with Crippen molar-refractivity contribution >= 4 is 0 Å². The lowest BCUT2D eigenvalue weighted by Crippen LogP contribution is -2.31. The van der Waals surface area contributed by atoms with E-state index in [4.69, 9.17) is 0 Å². The molecule has 1 N–H and O–H groups in total. The normalized spacial score (nSPS) is 38.4. The van der Waals surface area contributed by atoms with E-state index < -0.39 is 0 Å². The van der Waals surface area contributed by atoms with Gasteiger partial charge >= 0.3 is 0 Å². The van der Waals surface area contributed by atoms with E-state index in [9.17, 15) is 0 Å². The van der Waals surface area contributed by atoms with Gasteiger partial charge in [-0.1, -0.05) is 38.8 Å². The fourth-order valence-electron chi connectivity index (χ4n) is 2.31. The Morgan fingerprint density at radius 2 is 2.00 bits per heavy atom. The number of rotatable bonds is 2. The molecule has 2 aliphatic carbocycles. The first-order valence-electron chi connectivity index (χ1n) is 6.11. The van der Waals surface area contributed by atoms with Gasteiger partial charge in [-0.25, -0.2) is 0 Å². The van der Waals surface area contributed by atoms with Crippen molar-refractivity contribution in [1.29, 1.82) is 0 Å². The first-order chi connectivity index (χ1) is 6.68. The van der Waals surface area contributed by atoms with Crippen LogP contribution in [0.5, 0.6) is 0 Å². The van der Waals surface area contributed by atoms with Gasteiger partial charge in [-0.2, -0.15) is 0 Å². The highest BCUT2D eigenvalue weighted by atomic mass is 15.0. The molecule has 0 bridgehead atoms. The quantitative estimate of drug-likeness (QED) is 0.664. The molecule has 80 valence electrons. The summed E-state index contributed by atoms with van der Waals surface area (Å²) in [6, 6.07) is 1.43. The zero-order valence-corrected chi connectivity index (χ0v) is 9.55. The third-order valence-electron chi connectivity index (χ3n) is 3.68. The summed E-state index contributed by atoms with van der Waals surface area (Å²) in [5.41, 5.74) is 0.566. The molecule has 0 saturated heterocycles. The van der Waals surface area contributed by atoms with Gasteiger partial charge in [0.05, 0.1) is 0 Å². The van der Waals surface area contributed by atoms with Gasteiger partial charge in [-0.3, -0.25) is 0 Å². The van der Waals surface area contributed by atoms with E-state index in [2.05, 4.69) is 31.3 Å². The summed E-state index contributed by atoms with van der Waals surface area (Å²) in [5.74, 6) is 0. The molecule has 0 heterocycles. The fraction of sp³-hybridized carbons (Fsp3) is 0.846. The van der Waals surface area contributed by atoms with Crippen molar-refractivity contribution < 1.29 is 0 Å². The van der Waals surface area contributed by atoms with Crippen LogP contribution in [0.15, 0.2) is 12.2 Å². The van der Waals surface area contributed by atoms with Crippen LogP contribution in [0.4, 0.5) is 0 Å². The lowest BCUT2D eigenvalue weighted by Gasteiger charge is -2.18. The van der Waals surface area contributed by atoms with Gasteiger partial charge in [-0.15, -0.1) is 0 Å². The Morgan fingerprint density at radius 1 is 1.21 bits per heavy atom. The van der Waals surface area contributed by atoms with Gasteiger partial charge in [-0.05, 0) is 31.1 Å². The summed E-state index contributed by atoms with van der Waals surface area (Å²) < 4.78 is 0. The van der Waals surface area contributed by atoms with Crippen LogP contribution in [0.25, 0.3) is 0 Å². The van der Waals surface area contributed by atoms with Crippen LogP contribution in [0, 0.1) is 5.41 Å². The van der Waals surface area contributed by atoms with E-state index >= 15 is 0 Å². The van der Waals surface area contributed by atoms with Crippen molar-refractivity contribution in [1.82, 2.24) is 5.32 Å². The molecule has 0 aromatic carbocycles. The summed E-state index contributed by atoms with van der Waals surface area (Å²) >= 11 is 0. The summed E-state index contributed by atoms with van der Waals surface area (Å²) in [7, 11) is 0. The van der Waals surface area contributed by atoms with Crippen LogP contribution < -0.4 is 5.32 Å². The van der Waals surface area contributed by atoms with Crippen molar-refractivity contribution in [2.75, 3.05) is 0 Å². The van der Waals surface area contributed by atoms with Crippen LogP contribution in [0.2, 0.25) is 0 Å². The van der Waals surface area contributed by atoms with Crippen LogP contribution in [-0.2, 0) is 0 Å². The zero-order chi connectivity index (χ0) is 10.0. The second kappa shape index (κ2) is 4.06. The SMILES string of the molecule is CC1(C)CC1NC1/C=C\CCCCC1. The van der Waals surface area contributed by atoms with Crippen LogP contribution in [0.3, 0.4) is 0 Å². The van der Waals surface area contributed by atoms with E-state index in [-0.39, 0.29) is 0 Å². The molecule has 0 amide bonds. The Kier molecular flexibility index (Phi) is 2.96. The zero-order valence-electron chi connectivity index (χ0n) is 9.55. The number of nitrogens with one attached hydrogen (secondary N) is 1. The smallest absolute Gasteiger partial charge is 0.0252 e. The highest BCUT2D eigenvalue weighted by molar-refractivity contribution is 5.06. The van der Waals surface area contributed by atoms with E-state index in [0.717, 1.165) is 6.04 Å². The maximum absolute atomic E-state index is 3.76. The minimum atomic E-state index is 0.566. The maximum Gasteiger partial charge on any atom is 0.0252 e. The molecular formula is C13H23N. The minimum absolute atomic E-state index is 0.566. The molecule has 2 unspecified atom stereocenters. The molecule has 1 fully saturated rings. The molecule has 0 radical (unpaired) electrons. The van der Waals surface area contributed by atoms with Crippen molar-refractivity contribution in [2.24, 2.45) is 5.41 Å². The Balaban J connectivity index is 1.81. The summed E-state index contributed by atoms with van der Waals surface area (Å²) in [4.78, 5) is 0. The molecule has 2 rings (SSSR count). The van der Waals surface area contributed by atoms with Crippen molar-refractivity contribution in [3.05, 3.63) is 12.2 Å². The van der Waals surface area contributed by atoms with Gasteiger partial charge < -0.3 is 5.32 Å². The lowest BCUT2D eigenvalue weighted by molar-refractivity contribution is 0.465. The van der Waals surface area contributed by atoms with E-state index in [1.807, 2.05) is 0 Å². The molecule has 0 aromatic heterocycles. The van der Waals surface area contributed by atoms with E-state index in [1.165, 1.54) is 38.5 Å². The van der Waals surface area contributed by atoms with Gasteiger partial charge in [0.2, 0.25) is 0 Å².